The van der Waals surface area contributed by atoms with Gasteiger partial charge in [-0.2, -0.15) is 5.10 Å². The summed E-state index contributed by atoms with van der Waals surface area (Å²) in [6, 6.07) is 13.4. The van der Waals surface area contributed by atoms with E-state index in [4.69, 9.17) is 16.3 Å². The van der Waals surface area contributed by atoms with Crippen molar-refractivity contribution < 1.29 is 4.74 Å². The maximum absolute atomic E-state index is 6.08. The fraction of sp³-hybridized carbons (Fsp3) is 0.105. The van der Waals surface area contributed by atoms with Gasteiger partial charge >= 0.3 is 0 Å². The highest BCUT2D eigenvalue weighted by Gasteiger charge is 2.13. The van der Waals surface area contributed by atoms with Crippen molar-refractivity contribution in [3.05, 3.63) is 71.1 Å². The van der Waals surface area contributed by atoms with Gasteiger partial charge in [-0.3, -0.25) is 0 Å². The van der Waals surface area contributed by atoms with Crippen molar-refractivity contribution in [3.63, 3.8) is 0 Å². The van der Waals surface area contributed by atoms with E-state index in [1.807, 2.05) is 42.5 Å². The summed E-state index contributed by atoms with van der Waals surface area (Å²) in [5.74, 6) is 1.21. The molecule has 0 fully saturated rings. The van der Waals surface area contributed by atoms with Crippen molar-refractivity contribution in [2.45, 2.75) is 13.8 Å². The van der Waals surface area contributed by atoms with Crippen LogP contribution in [0.1, 0.15) is 11.1 Å². The second-order valence-electron chi connectivity index (χ2n) is 5.80. The number of hydrogen-bond donors (Lipinski definition) is 0. The fourth-order valence-corrected chi connectivity index (χ4v) is 2.77. The van der Waals surface area contributed by atoms with Gasteiger partial charge in [0.1, 0.15) is 17.5 Å². The maximum Gasteiger partial charge on any atom is 0.233 e. The molecule has 4 aromatic rings. The molecule has 0 atom stereocenters. The van der Waals surface area contributed by atoms with Crippen LogP contribution in [0, 0.1) is 13.8 Å². The Morgan fingerprint density at radius 1 is 1.00 bits per heavy atom. The lowest BCUT2D eigenvalue weighted by Crippen LogP contribution is -1.98. The number of hydrogen-bond acceptors (Lipinski definition) is 4. The minimum absolute atomic E-state index is 0.474. The summed E-state index contributed by atoms with van der Waals surface area (Å²) in [5.41, 5.74) is 3.88. The van der Waals surface area contributed by atoms with Crippen LogP contribution in [0.15, 0.2) is 55.0 Å². The van der Waals surface area contributed by atoms with Crippen LogP contribution in [0.3, 0.4) is 0 Å². The first-order valence-electron chi connectivity index (χ1n) is 7.81. The van der Waals surface area contributed by atoms with Crippen LogP contribution in [-0.4, -0.2) is 19.7 Å². The zero-order chi connectivity index (χ0) is 17.4. The molecule has 2 aromatic heterocycles. The van der Waals surface area contributed by atoms with Gasteiger partial charge < -0.3 is 4.74 Å². The van der Waals surface area contributed by atoms with Gasteiger partial charge in [-0.15, -0.1) is 0 Å². The number of halogens is 1. The first-order valence-corrected chi connectivity index (χ1v) is 8.19. The average Bonchev–Trinajstić information content (AvgIpc) is 3.03. The predicted octanol–water partition coefficient (Wildman–Crippen LogP) is 4.88. The quantitative estimate of drug-likeness (QED) is 0.528. The second-order valence-corrected chi connectivity index (χ2v) is 6.24. The van der Waals surface area contributed by atoms with Crippen molar-refractivity contribution in [1.82, 2.24) is 19.7 Å². The SMILES string of the molecule is Cc1ccc(Oc2ncnc3c2cnn3-c2cccc(Cl)c2)cc1C. The summed E-state index contributed by atoms with van der Waals surface area (Å²) >= 11 is 6.08. The summed E-state index contributed by atoms with van der Waals surface area (Å²) in [6.45, 7) is 4.12. The Labute approximate surface area is 149 Å². The van der Waals surface area contributed by atoms with E-state index in [9.17, 15) is 0 Å². The fourth-order valence-electron chi connectivity index (χ4n) is 2.59. The Bertz CT molecular complexity index is 1070. The Morgan fingerprint density at radius 2 is 1.88 bits per heavy atom. The first-order chi connectivity index (χ1) is 12.1. The maximum atomic E-state index is 6.08. The summed E-state index contributed by atoms with van der Waals surface area (Å²) < 4.78 is 7.69. The van der Waals surface area contributed by atoms with Crippen molar-refractivity contribution in [2.75, 3.05) is 0 Å². The minimum Gasteiger partial charge on any atom is -0.438 e. The molecule has 0 N–H and O–H groups in total. The molecule has 0 amide bonds. The molecule has 2 aromatic carbocycles. The van der Waals surface area contributed by atoms with E-state index in [0.29, 0.717) is 16.5 Å². The number of aromatic nitrogens is 4. The van der Waals surface area contributed by atoms with Crippen molar-refractivity contribution in [3.8, 4) is 17.3 Å². The van der Waals surface area contributed by atoms with E-state index in [1.165, 1.54) is 11.9 Å². The molecule has 0 aliphatic heterocycles. The standard InChI is InChI=1S/C19H15ClN4O/c1-12-6-7-16(8-13(12)2)25-19-17-10-23-24(18(17)21-11-22-19)15-5-3-4-14(20)9-15/h3-11H,1-2H3. The monoisotopic (exact) mass is 350 g/mol. The van der Waals surface area contributed by atoms with E-state index >= 15 is 0 Å². The van der Waals surface area contributed by atoms with Crippen LogP contribution in [-0.2, 0) is 0 Å². The highest BCUT2D eigenvalue weighted by atomic mass is 35.5. The van der Waals surface area contributed by atoms with Crippen LogP contribution >= 0.6 is 11.6 Å². The van der Waals surface area contributed by atoms with E-state index in [2.05, 4.69) is 28.9 Å². The smallest absolute Gasteiger partial charge is 0.233 e. The third kappa shape index (κ3) is 2.94. The number of rotatable bonds is 3. The van der Waals surface area contributed by atoms with E-state index in [-0.39, 0.29) is 0 Å². The predicted molar refractivity (Wildman–Crippen MR) is 97.7 cm³/mol. The van der Waals surface area contributed by atoms with Gasteiger partial charge in [-0.1, -0.05) is 23.7 Å². The lowest BCUT2D eigenvalue weighted by molar-refractivity contribution is 0.467. The molecule has 124 valence electrons. The highest BCUT2D eigenvalue weighted by molar-refractivity contribution is 6.30. The number of nitrogens with zero attached hydrogens (tertiary/aromatic N) is 4. The van der Waals surface area contributed by atoms with Crippen LogP contribution in [0.5, 0.6) is 11.6 Å². The van der Waals surface area contributed by atoms with Crippen molar-refractivity contribution >= 4 is 22.6 Å². The third-order valence-electron chi connectivity index (χ3n) is 4.07. The molecule has 0 saturated carbocycles. The number of fused-ring (bicyclic) bond motifs is 1. The molecule has 0 radical (unpaired) electrons. The Morgan fingerprint density at radius 3 is 2.68 bits per heavy atom. The van der Waals surface area contributed by atoms with Gasteiger partial charge in [-0.25, -0.2) is 14.6 Å². The van der Waals surface area contributed by atoms with Crippen LogP contribution in [0.2, 0.25) is 5.02 Å². The van der Waals surface area contributed by atoms with Crippen LogP contribution in [0.25, 0.3) is 16.7 Å². The average molecular weight is 351 g/mol. The second kappa shape index (κ2) is 6.18. The Kier molecular flexibility index (Phi) is 3.86. The topological polar surface area (TPSA) is 52.8 Å². The van der Waals surface area contributed by atoms with Gasteiger partial charge in [-0.05, 0) is 55.3 Å². The summed E-state index contributed by atoms with van der Waals surface area (Å²) in [6.07, 6.45) is 3.17. The molecule has 25 heavy (non-hydrogen) atoms. The lowest BCUT2D eigenvalue weighted by Gasteiger charge is -2.08. The van der Waals surface area contributed by atoms with E-state index < -0.39 is 0 Å². The van der Waals surface area contributed by atoms with E-state index in [1.54, 1.807) is 10.9 Å². The lowest BCUT2D eigenvalue weighted by atomic mass is 10.1. The van der Waals surface area contributed by atoms with Gasteiger partial charge in [0.15, 0.2) is 5.65 Å². The third-order valence-corrected chi connectivity index (χ3v) is 4.31. The zero-order valence-corrected chi connectivity index (χ0v) is 14.5. The highest BCUT2D eigenvalue weighted by Crippen LogP contribution is 2.29. The first kappa shape index (κ1) is 15.6. The zero-order valence-electron chi connectivity index (χ0n) is 13.8. The Hall–Kier alpha value is -2.92. The van der Waals surface area contributed by atoms with Crippen molar-refractivity contribution in [1.29, 1.82) is 0 Å². The summed E-state index contributed by atoms with van der Waals surface area (Å²) in [5, 5.41) is 5.79. The molecule has 0 bridgehead atoms. The van der Waals surface area contributed by atoms with Gasteiger partial charge in [0, 0.05) is 5.02 Å². The number of aryl methyl sites for hydroxylation is 2. The normalized spacial score (nSPS) is 11.0. The Balaban J connectivity index is 1.77. The van der Waals surface area contributed by atoms with Crippen LogP contribution in [0.4, 0.5) is 0 Å². The number of benzene rings is 2. The van der Waals surface area contributed by atoms with Crippen molar-refractivity contribution in [2.24, 2.45) is 0 Å². The molecular formula is C19H15ClN4O. The summed E-state index contributed by atoms with van der Waals surface area (Å²) in [4.78, 5) is 8.61. The van der Waals surface area contributed by atoms with Gasteiger partial charge in [0.25, 0.3) is 0 Å². The van der Waals surface area contributed by atoms with Gasteiger partial charge in [0.05, 0.1) is 11.9 Å². The number of ether oxygens (including phenoxy) is 1. The minimum atomic E-state index is 0.474. The summed E-state index contributed by atoms with van der Waals surface area (Å²) in [7, 11) is 0. The molecule has 5 nitrogen and oxygen atoms in total. The molecule has 0 aliphatic rings. The molecule has 0 aliphatic carbocycles. The molecule has 6 heteroatoms. The largest absolute Gasteiger partial charge is 0.438 e. The van der Waals surface area contributed by atoms with E-state index in [0.717, 1.165) is 22.4 Å². The molecular weight excluding hydrogens is 336 g/mol. The van der Waals surface area contributed by atoms with Crippen LogP contribution < -0.4 is 4.74 Å². The molecule has 2 heterocycles. The molecule has 0 unspecified atom stereocenters. The molecule has 0 spiro atoms. The molecule has 0 saturated heterocycles. The molecule has 4 rings (SSSR count). The van der Waals surface area contributed by atoms with Gasteiger partial charge in [0.2, 0.25) is 5.88 Å².